The van der Waals surface area contributed by atoms with E-state index >= 15 is 0 Å². The smallest absolute Gasteiger partial charge is 0.419 e. The molecule has 190 valence electrons. The molecule has 0 atom stereocenters. The molecule has 0 radical (unpaired) electrons. The Kier molecular flexibility index (Phi) is 15.9. The zero-order valence-corrected chi connectivity index (χ0v) is 20.3. The van der Waals surface area contributed by atoms with Gasteiger partial charge in [0.1, 0.15) is 5.82 Å². The second-order valence-electron chi connectivity index (χ2n) is 8.96. The molecule has 0 aliphatic carbocycles. The first-order valence-corrected chi connectivity index (χ1v) is 12.9. The van der Waals surface area contributed by atoms with E-state index in [4.69, 9.17) is 4.74 Å². The Morgan fingerprint density at radius 1 is 0.727 bits per heavy atom. The van der Waals surface area contributed by atoms with Crippen molar-refractivity contribution in [1.82, 2.24) is 0 Å². The Hall–Kier alpha value is -1.59. The highest BCUT2D eigenvalue weighted by molar-refractivity contribution is 5.90. The van der Waals surface area contributed by atoms with Crippen molar-refractivity contribution in [2.75, 3.05) is 6.61 Å². The molecule has 1 aromatic carbocycles. The van der Waals surface area contributed by atoms with Gasteiger partial charge in [-0.3, -0.25) is 0 Å². The molecule has 2 nitrogen and oxygen atoms in total. The fraction of sp³-hybridized carbons (Fsp3) is 0.741. The minimum Gasteiger partial charge on any atom is -0.462 e. The summed E-state index contributed by atoms with van der Waals surface area (Å²) in [5.74, 6) is -2.62. The van der Waals surface area contributed by atoms with Crippen LogP contribution >= 0.6 is 0 Å². The number of esters is 1. The maximum absolute atomic E-state index is 13.9. The summed E-state index contributed by atoms with van der Waals surface area (Å²) in [6, 6.07) is 2.64. The Bertz CT molecular complexity index is 643. The molecule has 6 heteroatoms. The first-order valence-electron chi connectivity index (χ1n) is 12.9. The van der Waals surface area contributed by atoms with Gasteiger partial charge in [0.2, 0.25) is 0 Å². The van der Waals surface area contributed by atoms with Crippen molar-refractivity contribution in [2.45, 2.75) is 122 Å². The minimum absolute atomic E-state index is 0.0904. The quantitative estimate of drug-likeness (QED) is 0.113. The van der Waals surface area contributed by atoms with E-state index in [9.17, 15) is 22.4 Å². The molecular weight excluding hydrogens is 432 g/mol. The second kappa shape index (κ2) is 17.8. The van der Waals surface area contributed by atoms with Crippen LogP contribution in [0, 0.1) is 5.82 Å². The normalized spacial score (nSPS) is 11.7. The molecule has 0 saturated heterocycles. The molecule has 0 amide bonds. The molecule has 0 heterocycles. The zero-order valence-electron chi connectivity index (χ0n) is 20.3. The van der Waals surface area contributed by atoms with Crippen LogP contribution in [0.2, 0.25) is 0 Å². The number of halogens is 4. The van der Waals surface area contributed by atoms with Crippen molar-refractivity contribution in [3.63, 3.8) is 0 Å². The van der Waals surface area contributed by atoms with Gasteiger partial charge in [-0.25, -0.2) is 9.18 Å². The van der Waals surface area contributed by atoms with Crippen molar-refractivity contribution < 1.29 is 27.1 Å². The summed E-state index contributed by atoms with van der Waals surface area (Å²) in [4.78, 5) is 11.9. The molecule has 0 saturated carbocycles. The van der Waals surface area contributed by atoms with E-state index in [1.807, 2.05) is 0 Å². The molecule has 1 aromatic rings. The maximum atomic E-state index is 13.9. The highest BCUT2D eigenvalue weighted by Crippen LogP contribution is 2.32. The summed E-state index contributed by atoms with van der Waals surface area (Å²) in [6.45, 7) is 2.34. The van der Waals surface area contributed by atoms with Gasteiger partial charge in [-0.05, 0) is 18.6 Å². The summed E-state index contributed by atoms with van der Waals surface area (Å²) in [6.07, 6.45) is 16.2. The molecule has 0 fully saturated rings. The summed E-state index contributed by atoms with van der Waals surface area (Å²) in [5.41, 5.74) is -2.12. The molecule has 0 bridgehead atoms. The molecular formula is C27H42F4O2. The first-order chi connectivity index (χ1) is 15.9. The van der Waals surface area contributed by atoms with Crippen LogP contribution in [-0.2, 0) is 10.9 Å². The van der Waals surface area contributed by atoms with E-state index in [0.717, 1.165) is 31.4 Å². The molecule has 0 N–H and O–H groups in total. The number of benzene rings is 1. The molecule has 0 unspecified atom stereocenters. The van der Waals surface area contributed by atoms with Crippen LogP contribution in [0.3, 0.4) is 0 Å². The van der Waals surface area contributed by atoms with Gasteiger partial charge in [-0.2, -0.15) is 13.2 Å². The van der Waals surface area contributed by atoms with E-state index in [2.05, 4.69) is 6.92 Å². The van der Waals surface area contributed by atoms with Crippen LogP contribution in [0.25, 0.3) is 0 Å². The number of carbonyl (C=O) groups is 1. The van der Waals surface area contributed by atoms with E-state index in [1.54, 1.807) is 0 Å². The number of hydrogen-bond acceptors (Lipinski definition) is 2. The van der Waals surface area contributed by atoms with Crippen molar-refractivity contribution in [2.24, 2.45) is 0 Å². The predicted octanol–water partition coefficient (Wildman–Crippen LogP) is 9.65. The number of hydrogen-bond donors (Lipinski definition) is 0. The van der Waals surface area contributed by atoms with Gasteiger partial charge >= 0.3 is 12.1 Å². The third-order valence-electron chi connectivity index (χ3n) is 6.01. The van der Waals surface area contributed by atoms with Gasteiger partial charge in [-0.15, -0.1) is 0 Å². The van der Waals surface area contributed by atoms with Crippen LogP contribution < -0.4 is 0 Å². The van der Waals surface area contributed by atoms with Crippen LogP contribution in [-0.4, -0.2) is 12.6 Å². The van der Waals surface area contributed by atoms with Gasteiger partial charge in [-0.1, -0.05) is 116 Å². The summed E-state index contributed by atoms with van der Waals surface area (Å²) in [7, 11) is 0. The fourth-order valence-corrected chi connectivity index (χ4v) is 3.98. The van der Waals surface area contributed by atoms with Gasteiger partial charge in [0.25, 0.3) is 0 Å². The van der Waals surface area contributed by atoms with Crippen LogP contribution in [0.4, 0.5) is 17.6 Å². The highest BCUT2D eigenvalue weighted by atomic mass is 19.4. The van der Waals surface area contributed by atoms with Crippen molar-refractivity contribution >= 4 is 5.97 Å². The number of alkyl halides is 3. The highest BCUT2D eigenvalue weighted by Gasteiger charge is 2.35. The monoisotopic (exact) mass is 474 g/mol. The molecule has 1 rings (SSSR count). The third-order valence-corrected chi connectivity index (χ3v) is 6.01. The Labute approximate surface area is 197 Å². The van der Waals surface area contributed by atoms with Crippen molar-refractivity contribution in [3.8, 4) is 0 Å². The van der Waals surface area contributed by atoms with E-state index < -0.39 is 29.1 Å². The van der Waals surface area contributed by atoms with Crippen LogP contribution in [0.5, 0.6) is 0 Å². The first kappa shape index (κ1) is 29.4. The van der Waals surface area contributed by atoms with Gasteiger partial charge in [0.05, 0.1) is 17.7 Å². The lowest BCUT2D eigenvalue weighted by atomic mass is 10.0. The lowest BCUT2D eigenvalue weighted by Gasteiger charge is -2.11. The summed E-state index contributed by atoms with van der Waals surface area (Å²) in [5, 5.41) is 0. The summed E-state index contributed by atoms with van der Waals surface area (Å²) >= 11 is 0. The van der Waals surface area contributed by atoms with E-state index in [-0.39, 0.29) is 6.61 Å². The maximum Gasteiger partial charge on any atom is 0.419 e. The lowest BCUT2D eigenvalue weighted by molar-refractivity contribution is -0.140. The molecule has 0 spiro atoms. The Morgan fingerprint density at radius 2 is 1.15 bits per heavy atom. The third kappa shape index (κ3) is 13.6. The van der Waals surface area contributed by atoms with Gasteiger partial charge < -0.3 is 4.74 Å². The van der Waals surface area contributed by atoms with Gasteiger partial charge in [0, 0.05) is 0 Å². The van der Waals surface area contributed by atoms with Crippen LogP contribution in [0.1, 0.15) is 132 Å². The number of ether oxygens (including phenoxy) is 1. The molecule has 33 heavy (non-hydrogen) atoms. The SMILES string of the molecule is CCCCCCCCCCCCCCCCCCCOC(=O)c1cccc(C(F)(F)F)c1F. The average molecular weight is 475 g/mol. The Balaban J connectivity index is 1.95. The number of unbranched alkanes of at least 4 members (excludes halogenated alkanes) is 16. The molecule has 0 aromatic heterocycles. The second-order valence-corrected chi connectivity index (χ2v) is 8.96. The number of carbonyl (C=O) groups excluding carboxylic acids is 1. The molecule has 0 aliphatic heterocycles. The van der Waals surface area contributed by atoms with Gasteiger partial charge in [0.15, 0.2) is 0 Å². The van der Waals surface area contributed by atoms with Crippen molar-refractivity contribution in [3.05, 3.63) is 35.1 Å². The predicted molar refractivity (Wildman–Crippen MR) is 126 cm³/mol. The van der Waals surface area contributed by atoms with E-state index in [1.165, 1.54) is 83.5 Å². The molecule has 0 aliphatic rings. The fourth-order valence-electron chi connectivity index (χ4n) is 3.98. The topological polar surface area (TPSA) is 26.3 Å². The average Bonchev–Trinajstić information content (AvgIpc) is 2.77. The minimum atomic E-state index is -4.84. The van der Waals surface area contributed by atoms with Crippen LogP contribution in [0.15, 0.2) is 18.2 Å². The van der Waals surface area contributed by atoms with E-state index in [0.29, 0.717) is 12.5 Å². The lowest BCUT2D eigenvalue weighted by Crippen LogP contribution is -2.14. The largest absolute Gasteiger partial charge is 0.462 e. The number of rotatable bonds is 19. The summed E-state index contributed by atoms with van der Waals surface area (Å²) < 4.78 is 57.1. The zero-order chi connectivity index (χ0) is 24.4. The van der Waals surface area contributed by atoms with Crippen molar-refractivity contribution in [1.29, 1.82) is 0 Å². The standard InChI is InChI=1S/C27H42F4O2/c1-2-3-4-5-6-7-8-9-10-11-12-13-14-15-16-17-18-22-33-26(32)23-20-19-21-24(25(23)28)27(29,30)31/h19-21H,2-18,22H2,1H3. The Morgan fingerprint density at radius 3 is 1.58 bits per heavy atom.